The molecule has 0 bridgehead atoms. The fourth-order valence-corrected chi connectivity index (χ4v) is 8.34. The molecule has 0 N–H and O–H groups in total. The van der Waals surface area contributed by atoms with Gasteiger partial charge in [0.1, 0.15) is 13.2 Å². The third-order valence-corrected chi connectivity index (χ3v) is 12.5. The lowest BCUT2D eigenvalue weighted by atomic mass is 10.0. The van der Waals surface area contributed by atoms with Crippen molar-refractivity contribution in [1.82, 2.24) is 0 Å². The number of carbonyl (C=O) groups excluding carboxylic acids is 3. The summed E-state index contributed by atoms with van der Waals surface area (Å²) in [7, 11) is 0. The van der Waals surface area contributed by atoms with E-state index < -0.39 is 6.10 Å². The summed E-state index contributed by atoms with van der Waals surface area (Å²) in [5.41, 5.74) is 0. The Morgan fingerprint density at radius 2 is 0.541 bits per heavy atom. The SMILES string of the molecule is CCCCCCCCCCCCCCCCC(=O)O[C@H](COC(=O)CCCCCCCCCCCCCCCCCCC(C)C)COC(=O)CCCCCCCCCC(C)C. The first-order chi connectivity index (χ1) is 29.7. The number of ether oxygens (including phenoxy) is 3. The van der Waals surface area contributed by atoms with E-state index in [9.17, 15) is 14.4 Å². The summed E-state index contributed by atoms with van der Waals surface area (Å²) < 4.78 is 16.8. The van der Waals surface area contributed by atoms with E-state index in [1.165, 1.54) is 193 Å². The summed E-state index contributed by atoms with van der Waals surface area (Å²) in [5.74, 6) is 0.787. The molecule has 0 rings (SSSR count). The second-order valence-electron chi connectivity index (χ2n) is 19.8. The minimum atomic E-state index is -0.762. The first kappa shape index (κ1) is 59.4. The summed E-state index contributed by atoms with van der Waals surface area (Å²) in [6, 6.07) is 0. The van der Waals surface area contributed by atoms with Gasteiger partial charge in [-0.3, -0.25) is 14.4 Å². The molecule has 61 heavy (non-hydrogen) atoms. The lowest BCUT2D eigenvalue weighted by molar-refractivity contribution is -0.167. The minimum absolute atomic E-state index is 0.0636. The quantitative estimate of drug-likeness (QED) is 0.0344. The van der Waals surface area contributed by atoms with Crippen molar-refractivity contribution in [2.24, 2.45) is 11.8 Å². The molecule has 0 aromatic carbocycles. The lowest BCUT2D eigenvalue weighted by Crippen LogP contribution is -2.30. The number of esters is 3. The summed E-state index contributed by atoms with van der Waals surface area (Å²) in [4.78, 5) is 38.0. The largest absolute Gasteiger partial charge is 0.462 e. The lowest BCUT2D eigenvalue weighted by Gasteiger charge is -2.18. The number of hydrogen-bond acceptors (Lipinski definition) is 6. The highest BCUT2D eigenvalue weighted by molar-refractivity contribution is 5.71. The van der Waals surface area contributed by atoms with Crippen molar-refractivity contribution in [3.63, 3.8) is 0 Å². The van der Waals surface area contributed by atoms with Gasteiger partial charge in [-0.05, 0) is 31.1 Å². The van der Waals surface area contributed by atoms with Crippen molar-refractivity contribution >= 4 is 17.9 Å². The molecule has 0 aliphatic rings. The smallest absolute Gasteiger partial charge is 0.306 e. The van der Waals surface area contributed by atoms with E-state index in [0.717, 1.165) is 69.6 Å². The van der Waals surface area contributed by atoms with Crippen LogP contribution in [0.5, 0.6) is 0 Å². The normalized spacial score (nSPS) is 12.0. The maximum Gasteiger partial charge on any atom is 0.306 e. The van der Waals surface area contributed by atoms with E-state index in [0.29, 0.717) is 19.3 Å². The highest BCUT2D eigenvalue weighted by Crippen LogP contribution is 2.18. The predicted octanol–water partition coefficient (Wildman–Crippen LogP) is 17.7. The van der Waals surface area contributed by atoms with E-state index in [1.54, 1.807) is 0 Å². The molecule has 0 saturated heterocycles. The van der Waals surface area contributed by atoms with Crippen LogP contribution in [0.15, 0.2) is 0 Å². The third kappa shape index (κ3) is 49.3. The van der Waals surface area contributed by atoms with E-state index in [1.807, 2.05) is 0 Å². The zero-order valence-electron chi connectivity index (χ0n) is 41.8. The number of hydrogen-bond donors (Lipinski definition) is 0. The molecule has 0 fully saturated rings. The van der Waals surface area contributed by atoms with Crippen molar-refractivity contribution in [3.05, 3.63) is 0 Å². The monoisotopic (exact) mass is 863 g/mol. The number of carbonyl (C=O) groups is 3. The van der Waals surface area contributed by atoms with Crippen LogP contribution in [0.25, 0.3) is 0 Å². The summed E-state index contributed by atoms with van der Waals surface area (Å²) in [6.07, 6.45) is 49.6. The van der Waals surface area contributed by atoms with Crippen molar-refractivity contribution in [1.29, 1.82) is 0 Å². The van der Waals surface area contributed by atoms with Gasteiger partial charge in [0.05, 0.1) is 0 Å². The second-order valence-corrected chi connectivity index (χ2v) is 19.8. The Morgan fingerprint density at radius 1 is 0.311 bits per heavy atom. The molecular weight excluding hydrogens is 757 g/mol. The average Bonchev–Trinajstić information content (AvgIpc) is 3.23. The molecule has 0 unspecified atom stereocenters. The van der Waals surface area contributed by atoms with Crippen molar-refractivity contribution < 1.29 is 28.6 Å². The molecule has 0 aromatic rings. The molecule has 0 aliphatic heterocycles. The average molecular weight is 863 g/mol. The van der Waals surface area contributed by atoms with E-state index >= 15 is 0 Å². The molecule has 0 radical (unpaired) electrons. The van der Waals surface area contributed by atoms with Gasteiger partial charge >= 0.3 is 17.9 Å². The fraction of sp³-hybridized carbons (Fsp3) is 0.945. The van der Waals surface area contributed by atoms with Crippen LogP contribution in [0, 0.1) is 11.8 Å². The van der Waals surface area contributed by atoms with Crippen molar-refractivity contribution in [3.8, 4) is 0 Å². The van der Waals surface area contributed by atoms with Crippen LogP contribution in [-0.2, 0) is 28.6 Å². The maximum atomic E-state index is 12.8. The van der Waals surface area contributed by atoms with Gasteiger partial charge in [-0.25, -0.2) is 0 Å². The van der Waals surface area contributed by atoms with E-state index in [4.69, 9.17) is 14.2 Å². The van der Waals surface area contributed by atoms with E-state index in [2.05, 4.69) is 34.6 Å². The summed E-state index contributed by atoms with van der Waals surface area (Å²) in [5, 5.41) is 0. The maximum absolute atomic E-state index is 12.8. The predicted molar refractivity (Wildman–Crippen MR) is 261 cm³/mol. The minimum Gasteiger partial charge on any atom is -0.462 e. The Kier molecular flexibility index (Phi) is 46.6. The molecule has 0 aliphatic carbocycles. The standard InChI is InChI=1S/C55H106O6/c1-6-7-8-9-10-11-12-13-19-23-26-31-37-42-47-55(58)61-52(49-60-54(57)46-41-36-32-27-29-34-39-44-51(4)5)48-59-53(56)45-40-35-30-25-22-20-17-15-14-16-18-21-24-28-33-38-43-50(2)3/h50-52H,6-49H2,1-5H3/t52-/m1/s1. The zero-order chi connectivity index (χ0) is 44.7. The van der Waals surface area contributed by atoms with Crippen molar-refractivity contribution in [2.75, 3.05) is 13.2 Å². The van der Waals surface area contributed by atoms with Crippen molar-refractivity contribution in [2.45, 2.75) is 310 Å². The van der Waals surface area contributed by atoms with Gasteiger partial charge in [-0.15, -0.1) is 0 Å². The van der Waals surface area contributed by atoms with Crippen LogP contribution in [0.4, 0.5) is 0 Å². The summed E-state index contributed by atoms with van der Waals surface area (Å²) >= 11 is 0. The Balaban J connectivity index is 4.24. The third-order valence-electron chi connectivity index (χ3n) is 12.5. The van der Waals surface area contributed by atoms with Crippen LogP contribution < -0.4 is 0 Å². The van der Waals surface area contributed by atoms with Gasteiger partial charge in [-0.1, -0.05) is 266 Å². The van der Waals surface area contributed by atoms with Crippen LogP contribution >= 0.6 is 0 Å². The van der Waals surface area contributed by atoms with Gasteiger partial charge in [-0.2, -0.15) is 0 Å². The molecule has 0 aromatic heterocycles. The van der Waals surface area contributed by atoms with Crippen LogP contribution in [0.2, 0.25) is 0 Å². The topological polar surface area (TPSA) is 78.9 Å². The molecular formula is C55H106O6. The number of rotatable bonds is 49. The molecule has 0 amide bonds. The first-order valence-corrected chi connectivity index (χ1v) is 27.2. The number of unbranched alkanes of at least 4 members (excludes halogenated alkanes) is 34. The van der Waals surface area contributed by atoms with Gasteiger partial charge in [0.25, 0.3) is 0 Å². The second kappa shape index (κ2) is 47.9. The highest BCUT2D eigenvalue weighted by atomic mass is 16.6. The van der Waals surface area contributed by atoms with Gasteiger partial charge in [0.2, 0.25) is 0 Å². The molecule has 1 atom stereocenters. The van der Waals surface area contributed by atoms with Gasteiger partial charge in [0, 0.05) is 19.3 Å². The Morgan fingerprint density at radius 3 is 0.803 bits per heavy atom. The van der Waals surface area contributed by atoms with Gasteiger partial charge in [0.15, 0.2) is 6.10 Å². The van der Waals surface area contributed by atoms with Crippen LogP contribution in [-0.4, -0.2) is 37.2 Å². The molecule has 0 spiro atoms. The molecule has 0 heterocycles. The summed E-state index contributed by atoms with van der Waals surface area (Å²) in [6.45, 7) is 11.4. The molecule has 6 nitrogen and oxygen atoms in total. The Labute approximate surface area is 380 Å². The zero-order valence-corrected chi connectivity index (χ0v) is 41.8. The van der Waals surface area contributed by atoms with E-state index in [-0.39, 0.29) is 31.1 Å². The Bertz CT molecular complexity index is 931. The highest BCUT2D eigenvalue weighted by Gasteiger charge is 2.19. The van der Waals surface area contributed by atoms with Gasteiger partial charge < -0.3 is 14.2 Å². The molecule has 6 heteroatoms. The van der Waals surface area contributed by atoms with Crippen LogP contribution in [0.3, 0.4) is 0 Å². The molecule has 362 valence electrons. The fourth-order valence-electron chi connectivity index (χ4n) is 8.34. The first-order valence-electron chi connectivity index (χ1n) is 27.2. The Hall–Kier alpha value is -1.59. The molecule has 0 saturated carbocycles. The van der Waals surface area contributed by atoms with Crippen LogP contribution in [0.1, 0.15) is 304 Å².